The maximum absolute atomic E-state index is 14.0. The minimum absolute atomic E-state index is 0.0835. The van der Waals surface area contributed by atoms with Gasteiger partial charge >= 0.3 is 6.09 Å². The predicted octanol–water partition coefficient (Wildman–Crippen LogP) is 3.91. The van der Waals surface area contributed by atoms with Crippen molar-refractivity contribution in [1.82, 2.24) is 15.5 Å². The number of benzene rings is 2. The molecule has 2 rings (SSSR count). The number of ether oxygens (including phenoxy) is 1. The van der Waals surface area contributed by atoms with Crippen LogP contribution in [0.15, 0.2) is 54.6 Å². The fraction of sp³-hybridized carbons (Fsp3) is 0.483. The molecular formula is C29H41N3O5. The molecule has 0 fully saturated rings. The van der Waals surface area contributed by atoms with Gasteiger partial charge in [0.25, 0.3) is 0 Å². The number of rotatable bonds is 12. The lowest BCUT2D eigenvalue weighted by Gasteiger charge is -2.34. The Hall–Kier alpha value is -3.39. The monoisotopic (exact) mass is 511 g/mol. The number of hydrogen-bond donors (Lipinski definition) is 3. The minimum atomic E-state index is -1.01. The lowest BCUT2D eigenvalue weighted by Crippen LogP contribution is -2.54. The molecule has 0 saturated heterocycles. The van der Waals surface area contributed by atoms with E-state index in [1.807, 2.05) is 68.4 Å². The Morgan fingerprint density at radius 3 is 2.24 bits per heavy atom. The number of aliphatic hydroxyl groups excluding tert-OH is 1. The van der Waals surface area contributed by atoms with E-state index < -0.39 is 29.7 Å². The van der Waals surface area contributed by atoms with Crippen LogP contribution in [0, 0.1) is 6.92 Å². The largest absolute Gasteiger partial charge is 0.444 e. The number of unbranched alkanes of at least 4 members (excludes halogenated alkanes) is 1. The number of carbonyl (C=O) groups excluding carboxylic acids is 3. The van der Waals surface area contributed by atoms with Gasteiger partial charge in [0.05, 0.1) is 6.61 Å². The van der Waals surface area contributed by atoms with Gasteiger partial charge in [-0.3, -0.25) is 9.59 Å². The lowest BCUT2D eigenvalue weighted by molar-refractivity contribution is -0.143. The zero-order valence-electron chi connectivity index (χ0n) is 22.6. The summed E-state index contributed by atoms with van der Waals surface area (Å²) >= 11 is 0. The fourth-order valence-electron chi connectivity index (χ4n) is 3.88. The maximum Gasteiger partial charge on any atom is 0.408 e. The van der Waals surface area contributed by atoms with Gasteiger partial charge in [-0.1, -0.05) is 73.5 Å². The highest BCUT2D eigenvalue weighted by Gasteiger charge is 2.36. The Morgan fingerprint density at radius 2 is 1.68 bits per heavy atom. The van der Waals surface area contributed by atoms with Crippen LogP contribution >= 0.6 is 0 Å². The summed E-state index contributed by atoms with van der Waals surface area (Å²) in [5.74, 6) is -0.824. The summed E-state index contributed by atoms with van der Waals surface area (Å²) in [6.45, 7) is 9.24. The topological polar surface area (TPSA) is 108 Å². The number of aliphatic hydroxyl groups is 1. The Labute approximate surface area is 220 Å². The molecule has 8 heteroatoms. The van der Waals surface area contributed by atoms with Gasteiger partial charge in [0.1, 0.15) is 17.7 Å². The van der Waals surface area contributed by atoms with Crippen LogP contribution in [0.1, 0.15) is 63.3 Å². The Kier molecular flexibility index (Phi) is 11.6. The lowest BCUT2D eigenvalue weighted by atomic mass is 9.99. The molecule has 37 heavy (non-hydrogen) atoms. The van der Waals surface area contributed by atoms with Gasteiger partial charge in [-0.2, -0.15) is 0 Å². The van der Waals surface area contributed by atoms with Crippen LogP contribution in [0.4, 0.5) is 4.79 Å². The van der Waals surface area contributed by atoms with Crippen molar-refractivity contribution in [2.24, 2.45) is 0 Å². The molecule has 8 nitrogen and oxygen atoms in total. The number of nitrogens with one attached hydrogen (secondary N) is 2. The summed E-state index contributed by atoms with van der Waals surface area (Å²) < 4.78 is 5.42. The van der Waals surface area contributed by atoms with Crippen LogP contribution in [0.2, 0.25) is 0 Å². The second-order valence-corrected chi connectivity index (χ2v) is 10.1. The first-order valence-electron chi connectivity index (χ1n) is 12.8. The van der Waals surface area contributed by atoms with Crippen LogP contribution in [-0.4, -0.2) is 59.3 Å². The van der Waals surface area contributed by atoms with Crippen molar-refractivity contribution in [1.29, 1.82) is 0 Å². The van der Waals surface area contributed by atoms with Gasteiger partial charge in [-0.15, -0.1) is 0 Å². The first-order chi connectivity index (χ1) is 17.6. The van der Waals surface area contributed by atoms with Crippen LogP contribution in [0.25, 0.3) is 0 Å². The zero-order chi connectivity index (χ0) is 27.4. The summed E-state index contributed by atoms with van der Waals surface area (Å²) in [6, 6.07) is 14.7. The third-order valence-electron chi connectivity index (χ3n) is 5.68. The molecule has 0 aliphatic heterocycles. The van der Waals surface area contributed by atoms with Crippen LogP contribution in [0.3, 0.4) is 0 Å². The van der Waals surface area contributed by atoms with Crippen molar-refractivity contribution in [3.8, 4) is 0 Å². The fourth-order valence-corrected chi connectivity index (χ4v) is 3.88. The summed E-state index contributed by atoms with van der Waals surface area (Å²) in [5.41, 5.74) is 1.72. The van der Waals surface area contributed by atoms with Crippen molar-refractivity contribution >= 4 is 17.9 Å². The Balaban J connectivity index is 2.46. The molecule has 3 amide bonds. The van der Waals surface area contributed by atoms with Crippen LogP contribution < -0.4 is 10.6 Å². The maximum atomic E-state index is 14.0. The minimum Gasteiger partial charge on any atom is -0.444 e. The first-order valence-corrected chi connectivity index (χ1v) is 12.8. The molecule has 3 N–H and O–H groups in total. The van der Waals surface area contributed by atoms with E-state index in [-0.39, 0.29) is 25.5 Å². The van der Waals surface area contributed by atoms with E-state index in [0.29, 0.717) is 12.1 Å². The smallest absolute Gasteiger partial charge is 0.408 e. The molecule has 0 radical (unpaired) electrons. The van der Waals surface area contributed by atoms with E-state index in [4.69, 9.17) is 4.74 Å². The van der Waals surface area contributed by atoms with Crippen molar-refractivity contribution in [3.63, 3.8) is 0 Å². The van der Waals surface area contributed by atoms with E-state index in [1.54, 1.807) is 20.8 Å². The highest BCUT2D eigenvalue weighted by molar-refractivity contribution is 5.92. The van der Waals surface area contributed by atoms with Crippen LogP contribution in [0.5, 0.6) is 0 Å². The van der Waals surface area contributed by atoms with Crippen molar-refractivity contribution in [2.75, 3.05) is 19.7 Å². The Morgan fingerprint density at radius 1 is 1.03 bits per heavy atom. The second-order valence-electron chi connectivity index (χ2n) is 10.1. The van der Waals surface area contributed by atoms with Crippen molar-refractivity contribution in [2.45, 2.75) is 71.6 Å². The molecule has 0 aliphatic rings. The molecule has 2 atom stereocenters. The van der Waals surface area contributed by atoms with Gasteiger partial charge in [0, 0.05) is 19.5 Å². The molecular weight excluding hydrogens is 470 g/mol. The summed E-state index contributed by atoms with van der Waals surface area (Å²) in [5, 5.41) is 15.5. The van der Waals surface area contributed by atoms with E-state index >= 15 is 0 Å². The zero-order valence-corrected chi connectivity index (χ0v) is 22.6. The van der Waals surface area contributed by atoms with E-state index in [1.165, 1.54) is 4.90 Å². The molecule has 2 unspecified atom stereocenters. The third-order valence-corrected chi connectivity index (χ3v) is 5.68. The highest BCUT2D eigenvalue weighted by atomic mass is 16.6. The Bertz CT molecular complexity index is 1000. The highest BCUT2D eigenvalue weighted by Crippen LogP contribution is 2.24. The quantitative estimate of drug-likeness (QED) is 0.375. The molecule has 202 valence electrons. The molecule has 0 spiro atoms. The average Bonchev–Trinajstić information content (AvgIpc) is 2.83. The SMILES string of the molecule is CCCCNC(=O)C(c1ccc(C)cc1)N(CCO)C(=O)C(Cc1ccccc1)NC(=O)OC(C)(C)C. The number of alkyl carbamates (subject to hydrolysis) is 1. The summed E-state index contributed by atoms with van der Waals surface area (Å²) in [6.07, 6.45) is 1.18. The van der Waals surface area contributed by atoms with Crippen molar-refractivity contribution in [3.05, 3.63) is 71.3 Å². The number of carbonyl (C=O) groups is 3. The second kappa shape index (κ2) is 14.4. The number of aryl methyl sites for hydroxylation is 1. The summed E-state index contributed by atoms with van der Waals surface area (Å²) in [7, 11) is 0. The normalized spacial score (nSPS) is 12.8. The van der Waals surface area contributed by atoms with Gasteiger partial charge < -0.3 is 25.4 Å². The van der Waals surface area contributed by atoms with Crippen LogP contribution in [-0.2, 0) is 20.7 Å². The van der Waals surface area contributed by atoms with E-state index in [9.17, 15) is 19.5 Å². The standard InChI is InChI=1S/C29H41N3O5/c1-6-7-17-30-26(34)25(23-15-13-21(2)14-16-23)32(18-19-33)27(35)24(20-22-11-9-8-10-12-22)31-28(36)37-29(3,4)5/h8-16,24-25,33H,6-7,17-20H2,1-5H3,(H,30,34)(H,31,36). The van der Waals surface area contributed by atoms with Gasteiger partial charge in [0.2, 0.25) is 11.8 Å². The third kappa shape index (κ3) is 9.88. The molecule has 0 heterocycles. The van der Waals surface area contributed by atoms with E-state index in [2.05, 4.69) is 10.6 Å². The number of amides is 3. The molecule has 0 aromatic heterocycles. The van der Waals surface area contributed by atoms with Crippen molar-refractivity contribution < 1.29 is 24.2 Å². The van der Waals surface area contributed by atoms with Gasteiger partial charge in [-0.05, 0) is 45.2 Å². The summed E-state index contributed by atoms with van der Waals surface area (Å²) in [4.78, 5) is 41.5. The number of hydrogen-bond acceptors (Lipinski definition) is 5. The molecule has 0 saturated carbocycles. The van der Waals surface area contributed by atoms with Gasteiger partial charge in [-0.25, -0.2) is 4.79 Å². The number of nitrogens with zero attached hydrogens (tertiary/aromatic N) is 1. The molecule has 0 aliphatic carbocycles. The molecule has 2 aromatic carbocycles. The predicted molar refractivity (Wildman–Crippen MR) is 144 cm³/mol. The molecule has 0 bridgehead atoms. The van der Waals surface area contributed by atoms with E-state index in [0.717, 1.165) is 24.0 Å². The molecule has 2 aromatic rings. The van der Waals surface area contributed by atoms with Gasteiger partial charge in [0.15, 0.2) is 0 Å². The first kappa shape index (κ1) is 29.8. The average molecular weight is 512 g/mol.